The molecule has 0 spiro atoms. The number of fused-ring (bicyclic) bond motifs is 1. The Labute approximate surface area is 149 Å². The Hall–Kier alpha value is -1.42. The number of carbonyl (C=O) groups is 1. The van der Waals surface area contributed by atoms with Crippen LogP contribution in [0.4, 0.5) is 0 Å². The van der Waals surface area contributed by atoms with E-state index in [-0.39, 0.29) is 18.6 Å². The average Bonchev–Trinajstić information content (AvgIpc) is 3.27. The number of aliphatic imine (C=N–C) groups is 1. The van der Waals surface area contributed by atoms with Gasteiger partial charge in [0.1, 0.15) is 0 Å². The van der Waals surface area contributed by atoms with Crippen molar-refractivity contribution in [1.29, 1.82) is 0 Å². The van der Waals surface area contributed by atoms with Crippen LogP contribution < -0.4 is 0 Å². The van der Waals surface area contributed by atoms with E-state index in [0.29, 0.717) is 18.7 Å². The minimum absolute atomic E-state index is 0.105. The summed E-state index contributed by atoms with van der Waals surface area (Å²) in [5.74, 6) is 0.496. The van der Waals surface area contributed by atoms with E-state index in [2.05, 4.69) is 19.2 Å². The zero-order valence-corrected chi connectivity index (χ0v) is 15.3. The van der Waals surface area contributed by atoms with E-state index in [1.54, 1.807) is 18.1 Å². The summed E-state index contributed by atoms with van der Waals surface area (Å²) in [4.78, 5) is 23.2. The highest BCUT2D eigenvalue weighted by Crippen LogP contribution is 2.34. The fourth-order valence-corrected chi connectivity index (χ4v) is 4.44. The molecule has 1 saturated heterocycles. The molecule has 1 N–H and O–H groups in total. The maximum Gasteiger partial charge on any atom is 0.337 e. The van der Waals surface area contributed by atoms with Crippen LogP contribution in [-0.4, -0.2) is 76.7 Å². The van der Waals surface area contributed by atoms with Crippen molar-refractivity contribution >= 4 is 35.1 Å². The van der Waals surface area contributed by atoms with Gasteiger partial charge in [-0.2, -0.15) is 0 Å². The van der Waals surface area contributed by atoms with E-state index in [1.165, 1.54) is 18.4 Å². The fraction of sp³-hybridized carbons (Fsp3) is 0.533. The number of aromatic nitrogens is 1. The largest absolute Gasteiger partial charge is 0.466 e. The normalized spacial score (nSPS) is 20.4. The van der Waals surface area contributed by atoms with Crippen LogP contribution in [0, 0.1) is 0 Å². The first-order valence-electron chi connectivity index (χ1n) is 7.63. The Morgan fingerprint density at radius 1 is 1.62 bits per heavy atom. The Morgan fingerprint density at radius 3 is 3.08 bits per heavy atom. The molecule has 130 valence electrons. The number of esters is 1. The van der Waals surface area contributed by atoms with Crippen LogP contribution in [-0.2, 0) is 9.53 Å². The predicted molar refractivity (Wildman–Crippen MR) is 95.0 cm³/mol. The summed E-state index contributed by atoms with van der Waals surface area (Å²) in [7, 11) is 1.40. The van der Waals surface area contributed by atoms with Crippen molar-refractivity contribution in [3.05, 3.63) is 27.9 Å². The number of methoxy groups -OCH3 is 1. The molecule has 1 aromatic rings. The molecule has 0 unspecified atom stereocenters. The second-order valence-corrected chi connectivity index (χ2v) is 7.14. The van der Waals surface area contributed by atoms with Gasteiger partial charge in [-0.05, 0) is 6.26 Å². The summed E-state index contributed by atoms with van der Waals surface area (Å²) in [5, 5.41) is 12.1. The minimum Gasteiger partial charge on any atom is -0.466 e. The molecule has 0 aromatic carbocycles. The lowest BCUT2D eigenvalue weighted by Crippen LogP contribution is -2.38. The Morgan fingerprint density at radius 2 is 2.46 bits per heavy atom. The molecule has 0 aliphatic carbocycles. The van der Waals surface area contributed by atoms with Crippen molar-refractivity contribution in [1.82, 2.24) is 14.2 Å². The molecule has 9 heteroatoms. The van der Waals surface area contributed by atoms with Crippen LogP contribution >= 0.6 is 23.3 Å². The molecule has 2 aliphatic heterocycles. The van der Waals surface area contributed by atoms with Gasteiger partial charge in [0.2, 0.25) is 0 Å². The molecule has 0 amide bonds. The number of ether oxygens (including phenoxy) is 1. The molecule has 7 nitrogen and oxygen atoms in total. The number of amidine groups is 1. The summed E-state index contributed by atoms with van der Waals surface area (Å²) in [6.07, 6.45) is 4.49. The van der Waals surface area contributed by atoms with Crippen LogP contribution in [0.15, 0.2) is 27.8 Å². The number of thiazole rings is 1. The number of carbonyl (C=O) groups excluding carboxylic acids is 1. The highest BCUT2D eigenvalue weighted by Gasteiger charge is 2.39. The van der Waals surface area contributed by atoms with Crippen LogP contribution in [0.3, 0.4) is 0 Å². The molecular weight excluding hydrogens is 348 g/mol. The van der Waals surface area contributed by atoms with Gasteiger partial charge in [-0.3, -0.25) is 4.99 Å². The minimum atomic E-state index is -0.324. The van der Waals surface area contributed by atoms with Gasteiger partial charge in [-0.15, -0.1) is 11.3 Å². The van der Waals surface area contributed by atoms with Crippen molar-refractivity contribution in [2.45, 2.75) is 12.5 Å². The lowest BCUT2D eigenvalue weighted by molar-refractivity contribution is -0.136. The maximum absolute atomic E-state index is 12.1. The van der Waals surface area contributed by atoms with Crippen molar-refractivity contribution < 1.29 is 14.6 Å². The third-order valence-corrected chi connectivity index (χ3v) is 5.88. The van der Waals surface area contributed by atoms with Crippen LogP contribution in [0.25, 0.3) is 0 Å². The van der Waals surface area contributed by atoms with Gasteiger partial charge in [0.25, 0.3) is 0 Å². The van der Waals surface area contributed by atoms with E-state index >= 15 is 0 Å². The molecule has 0 radical (unpaired) electrons. The van der Waals surface area contributed by atoms with E-state index in [9.17, 15) is 9.90 Å². The van der Waals surface area contributed by atoms with Crippen molar-refractivity contribution in [2.75, 3.05) is 39.6 Å². The van der Waals surface area contributed by atoms with E-state index in [0.717, 1.165) is 29.5 Å². The molecule has 0 bridgehead atoms. The van der Waals surface area contributed by atoms with Gasteiger partial charge in [0.05, 0.1) is 25.8 Å². The SMILES string of the molecule is COC(=O)C1=C2C[C@H](N(CCO)SC)CN2C(c2nccs2)=NC1. The third kappa shape index (κ3) is 3.21. The predicted octanol–water partition coefficient (Wildman–Crippen LogP) is 0.977. The second-order valence-electron chi connectivity index (χ2n) is 5.41. The third-order valence-electron chi connectivity index (χ3n) is 4.16. The summed E-state index contributed by atoms with van der Waals surface area (Å²) >= 11 is 3.14. The van der Waals surface area contributed by atoms with Gasteiger partial charge in [0.15, 0.2) is 10.8 Å². The second kappa shape index (κ2) is 7.64. The van der Waals surface area contributed by atoms with E-state index < -0.39 is 0 Å². The molecule has 24 heavy (non-hydrogen) atoms. The summed E-state index contributed by atoms with van der Waals surface area (Å²) in [6.45, 7) is 1.73. The Bertz CT molecular complexity index is 660. The van der Waals surface area contributed by atoms with Crippen LogP contribution in [0.5, 0.6) is 0 Å². The zero-order valence-electron chi connectivity index (χ0n) is 13.6. The lowest BCUT2D eigenvalue weighted by atomic mass is 10.1. The molecular formula is C15H20N4O3S2. The first kappa shape index (κ1) is 17.4. The summed E-state index contributed by atoms with van der Waals surface area (Å²) in [5.41, 5.74) is 1.58. The smallest absolute Gasteiger partial charge is 0.337 e. The Balaban J connectivity index is 1.93. The number of rotatable bonds is 6. The molecule has 1 fully saturated rings. The molecule has 1 atom stereocenters. The van der Waals surface area contributed by atoms with Gasteiger partial charge in [-0.1, -0.05) is 11.9 Å². The average molecular weight is 368 g/mol. The van der Waals surface area contributed by atoms with Gasteiger partial charge in [0, 0.05) is 42.8 Å². The highest BCUT2D eigenvalue weighted by molar-refractivity contribution is 7.96. The summed E-state index contributed by atoms with van der Waals surface area (Å²) < 4.78 is 7.08. The van der Waals surface area contributed by atoms with E-state index in [1.807, 2.05) is 11.6 Å². The van der Waals surface area contributed by atoms with Crippen molar-refractivity contribution in [2.24, 2.45) is 4.99 Å². The topological polar surface area (TPSA) is 78.3 Å². The number of aliphatic hydroxyl groups is 1. The molecule has 3 rings (SSSR count). The number of nitrogens with zero attached hydrogens (tertiary/aromatic N) is 4. The zero-order chi connectivity index (χ0) is 17.1. The highest BCUT2D eigenvalue weighted by atomic mass is 32.2. The van der Waals surface area contributed by atoms with Gasteiger partial charge < -0.3 is 14.7 Å². The number of hydrogen-bond donors (Lipinski definition) is 1. The van der Waals surface area contributed by atoms with Crippen LogP contribution in [0.1, 0.15) is 11.4 Å². The molecule has 2 aliphatic rings. The first-order valence-corrected chi connectivity index (χ1v) is 9.69. The summed E-state index contributed by atoms with van der Waals surface area (Å²) in [6, 6.07) is 0.199. The quantitative estimate of drug-likeness (QED) is 0.592. The molecule has 0 saturated carbocycles. The van der Waals surface area contributed by atoms with Gasteiger partial charge >= 0.3 is 5.97 Å². The number of aliphatic hydroxyl groups excluding tert-OH is 1. The van der Waals surface area contributed by atoms with Crippen LogP contribution in [0.2, 0.25) is 0 Å². The lowest BCUT2D eigenvalue weighted by Gasteiger charge is -2.27. The van der Waals surface area contributed by atoms with Gasteiger partial charge in [-0.25, -0.2) is 14.1 Å². The molecule has 1 aromatic heterocycles. The van der Waals surface area contributed by atoms with Crippen molar-refractivity contribution in [3.8, 4) is 0 Å². The first-order chi connectivity index (χ1) is 11.7. The monoisotopic (exact) mass is 368 g/mol. The standard InChI is InChI=1S/C15H20N4O3S2/c1-22-15(21)11-8-17-13(14-16-3-6-24-14)18-9-10(7-12(11)18)19(23-2)4-5-20/h3,6,10,20H,4-5,7-9H2,1-2H3/t10-/m0/s1. The Kier molecular flexibility index (Phi) is 5.54. The maximum atomic E-state index is 12.1. The van der Waals surface area contributed by atoms with E-state index in [4.69, 9.17) is 4.74 Å². The van der Waals surface area contributed by atoms with Crippen molar-refractivity contribution in [3.63, 3.8) is 0 Å². The fourth-order valence-electron chi connectivity index (χ4n) is 3.09. The number of hydrogen-bond acceptors (Lipinski definition) is 9. The molecule has 3 heterocycles.